The number of aliphatic hydroxyl groups excluding tert-OH is 1. The molecular weight excluding hydrogens is 272 g/mol. The van der Waals surface area contributed by atoms with E-state index in [2.05, 4.69) is 5.32 Å². The molecule has 2 N–H and O–H groups in total. The standard InChI is InChI=1S/C17H19F2NO/c1-12-10-13(6-7-15(12)18)17(21)8-9-20-11-14-4-2-3-5-16(14)19/h2-7,10,17,20-21H,8-9,11H2,1H3. The van der Waals surface area contributed by atoms with Gasteiger partial charge in [-0.3, -0.25) is 0 Å². The summed E-state index contributed by atoms with van der Waals surface area (Å²) in [6.07, 6.45) is -0.170. The number of halogens is 2. The Morgan fingerprint density at radius 2 is 1.86 bits per heavy atom. The van der Waals surface area contributed by atoms with Crippen LogP contribution in [0, 0.1) is 18.6 Å². The van der Waals surface area contributed by atoms with Gasteiger partial charge in [0.05, 0.1) is 6.10 Å². The lowest BCUT2D eigenvalue weighted by Crippen LogP contribution is -2.18. The van der Waals surface area contributed by atoms with Crippen molar-refractivity contribution in [3.05, 3.63) is 70.8 Å². The molecule has 0 bridgehead atoms. The molecule has 0 amide bonds. The molecule has 2 rings (SSSR count). The predicted octanol–water partition coefficient (Wildman–Crippen LogP) is 3.49. The number of rotatable bonds is 6. The van der Waals surface area contributed by atoms with Crippen LogP contribution in [0.3, 0.4) is 0 Å². The highest BCUT2D eigenvalue weighted by Crippen LogP contribution is 2.19. The normalized spacial score (nSPS) is 12.4. The summed E-state index contributed by atoms with van der Waals surface area (Å²) < 4.78 is 26.6. The number of nitrogens with one attached hydrogen (secondary N) is 1. The summed E-state index contributed by atoms with van der Waals surface area (Å²) in [4.78, 5) is 0. The summed E-state index contributed by atoms with van der Waals surface area (Å²) in [5.74, 6) is -0.511. The molecule has 0 heterocycles. The summed E-state index contributed by atoms with van der Waals surface area (Å²) in [7, 11) is 0. The summed E-state index contributed by atoms with van der Waals surface area (Å²) in [5, 5.41) is 13.1. The monoisotopic (exact) mass is 291 g/mol. The van der Waals surface area contributed by atoms with Crippen LogP contribution in [0.15, 0.2) is 42.5 Å². The van der Waals surface area contributed by atoms with Gasteiger partial charge in [-0.15, -0.1) is 0 Å². The van der Waals surface area contributed by atoms with Crippen LogP contribution in [0.4, 0.5) is 8.78 Å². The van der Waals surface area contributed by atoms with Crippen molar-refractivity contribution >= 4 is 0 Å². The van der Waals surface area contributed by atoms with E-state index >= 15 is 0 Å². The van der Waals surface area contributed by atoms with E-state index in [0.29, 0.717) is 36.2 Å². The fourth-order valence-electron chi connectivity index (χ4n) is 2.15. The summed E-state index contributed by atoms with van der Waals surface area (Å²) in [6.45, 7) is 2.63. The van der Waals surface area contributed by atoms with Crippen molar-refractivity contribution in [3.63, 3.8) is 0 Å². The van der Waals surface area contributed by atoms with E-state index in [1.54, 1.807) is 37.3 Å². The van der Waals surface area contributed by atoms with Gasteiger partial charge in [-0.1, -0.05) is 30.3 Å². The van der Waals surface area contributed by atoms with E-state index in [9.17, 15) is 13.9 Å². The molecule has 1 atom stereocenters. The molecule has 2 nitrogen and oxygen atoms in total. The highest BCUT2D eigenvalue weighted by Gasteiger charge is 2.09. The van der Waals surface area contributed by atoms with Crippen LogP contribution < -0.4 is 5.32 Å². The second-order valence-electron chi connectivity index (χ2n) is 5.08. The van der Waals surface area contributed by atoms with Crippen LogP contribution in [0.1, 0.15) is 29.2 Å². The van der Waals surface area contributed by atoms with Gasteiger partial charge in [-0.2, -0.15) is 0 Å². The van der Waals surface area contributed by atoms with E-state index in [1.807, 2.05) is 0 Å². The van der Waals surface area contributed by atoms with Gasteiger partial charge in [0, 0.05) is 12.1 Å². The Bertz CT molecular complexity index is 601. The van der Waals surface area contributed by atoms with Crippen LogP contribution in [-0.4, -0.2) is 11.7 Å². The van der Waals surface area contributed by atoms with Crippen molar-refractivity contribution in [1.82, 2.24) is 5.32 Å². The first-order valence-electron chi connectivity index (χ1n) is 6.96. The predicted molar refractivity (Wildman–Crippen MR) is 78.8 cm³/mol. The van der Waals surface area contributed by atoms with Gasteiger partial charge >= 0.3 is 0 Å². The Morgan fingerprint density at radius 3 is 2.57 bits per heavy atom. The summed E-state index contributed by atoms with van der Waals surface area (Å²) in [6, 6.07) is 11.2. The minimum atomic E-state index is -0.655. The molecule has 0 aromatic heterocycles. The maximum absolute atomic E-state index is 13.4. The number of aryl methyl sites for hydroxylation is 1. The molecule has 21 heavy (non-hydrogen) atoms. The van der Waals surface area contributed by atoms with Gasteiger partial charge in [-0.05, 0) is 43.1 Å². The fourth-order valence-corrected chi connectivity index (χ4v) is 2.15. The smallest absolute Gasteiger partial charge is 0.127 e. The first kappa shape index (κ1) is 15.6. The van der Waals surface area contributed by atoms with E-state index in [1.165, 1.54) is 12.1 Å². The van der Waals surface area contributed by atoms with Gasteiger partial charge < -0.3 is 10.4 Å². The molecule has 1 unspecified atom stereocenters. The number of benzene rings is 2. The molecule has 0 aliphatic carbocycles. The zero-order chi connectivity index (χ0) is 15.2. The van der Waals surface area contributed by atoms with E-state index in [4.69, 9.17) is 0 Å². The number of aliphatic hydroxyl groups is 1. The number of hydrogen-bond acceptors (Lipinski definition) is 2. The largest absolute Gasteiger partial charge is 0.388 e. The van der Waals surface area contributed by atoms with Crippen molar-refractivity contribution in [2.24, 2.45) is 0 Å². The molecule has 2 aromatic carbocycles. The minimum absolute atomic E-state index is 0.236. The van der Waals surface area contributed by atoms with Crippen molar-refractivity contribution in [1.29, 1.82) is 0 Å². The second kappa shape index (κ2) is 7.29. The molecule has 2 aromatic rings. The Morgan fingerprint density at radius 1 is 1.10 bits per heavy atom. The minimum Gasteiger partial charge on any atom is -0.388 e. The fraction of sp³-hybridized carbons (Fsp3) is 0.294. The molecule has 0 saturated carbocycles. The average molecular weight is 291 g/mol. The van der Waals surface area contributed by atoms with Crippen LogP contribution in [0.25, 0.3) is 0 Å². The lowest BCUT2D eigenvalue weighted by molar-refractivity contribution is 0.166. The van der Waals surface area contributed by atoms with E-state index in [0.717, 1.165) is 0 Å². The Balaban J connectivity index is 1.80. The summed E-state index contributed by atoms with van der Waals surface area (Å²) >= 11 is 0. The Kier molecular flexibility index (Phi) is 5.42. The van der Waals surface area contributed by atoms with E-state index < -0.39 is 6.10 Å². The van der Waals surface area contributed by atoms with Crippen LogP contribution in [0.5, 0.6) is 0 Å². The molecule has 4 heteroatoms. The van der Waals surface area contributed by atoms with Crippen molar-refractivity contribution in [3.8, 4) is 0 Å². The second-order valence-corrected chi connectivity index (χ2v) is 5.08. The average Bonchev–Trinajstić information content (AvgIpc) is 2.48. The molecule has 0 spiro atoms. The third kappa shape index (κ3) is 4.34. The topological polar surface area (TPSA) is 32.3 Å². The van der Waals surface area contributed by atoms with Gasteiger partial charge in [0.15, 0.2) is 0 Å². The molecule has 112 valence electrons. The molecule has 0 aliphatic rings. The Labute approximate surface area is 123 Å². The van der Waals surface area contributed by atoms with Gasteiger partial charge in [0.2, 0.25) is 0 Å². The van der Waals surface area contributed by atoms with Gasteiger partial charge in [0.1, 0.15) is 11.6 Å². The highest BCUT2D eigenvalue weighted by atomic mass is 19.1. The third-order valence-corrected chi connectivity index (χ3v) is 3.43. The van der Waals surface area contributed by atoms with Crippen molar-refractivity contribution in [2.45, 2.75) is 26.0 Å². The third-order valence-electron chi connectivity index (χ3n) is 3.43. The van der Waals surface area contributed by atoms with Crippen LogP contribution >= 0.6 is 0 Å². The SMILES string of the molecule is Cc1cc(C(O)CCNCc2ccccc2F)ccc1F. The molecule has 0 fully saturated rings. The quantitative estimate of drug-likeness (QED) is 0.799. The zero-order valence-electron chi connectivity index (χ0n) is 11.9. The van der Waals surface area contributed by atoms with E-state index in [-0.39, 0.29) is 11.6 Å². The van der Waals surface area contributed by atoms with Gasteiger partial charge in [0.25, 0.3) is 0 Å². The first-order valence-corrected chi connectivity index (χ1v) is 6.96. The maximum Gasteiger partial charge on any atom is 0.127 e. The number of hydrogen-bond donors (Lipinski definition) is 2. The van der Waals surface area contributed by atoms with Crippen molar-refractivity contribution < 1.29 is 13.9 Å². The summed E-state index contributed by atoms with van der Waals surface area (Å²) in [5.41, 5.74) is 1.82. The lowest BCUT2D eigenvalue weighted by atomic mass is 10.0. The lowest BCUT2D eigenvalue weighted by Gasteiger charge is -2.13. The zero-order valence-corrected chi connectivity index (χ0v) is 11.9. The molecular formula is C17H19F2NO. The maximum atomic E-state index is 13.4. The molecule has 0 saturated heterocycles. The highest BCUT2D eigenvalue weighted by molar-refractivity contribution is 5.25. The van der Waals surface area contributed by atoms with Gasteiger partial charge in [-0.25, -0.2) is 8.78 Å². The van der Waals surface area contributed by atoms with Crippen LogP contribution in [-0.2, 0) is 6.54 Å². The molecule has 0 radical (unpaired) electrons. The Hall–Kier alpha value is -1.78. The van der Waals surface area contributed by atoms with Crippen molar-refractivity contribution in [2.75, 3.05) is 6.54 Å². The van der Waals surface area contributed by atoms with Crippen LogP contribution in [0.2, 0.25) is 0 Å². The first-order chi connectivity index (χ1) is 10.1. The molecule has 0 aliphatic heterocycles.